The highest BCUT2D eigenvalue weighted by atomic mass is 16.7. The van der Waals surface area contributed by atoms with Gasteiger partial charge in [-0.15, -0.1) is 0 Å². The van der Waals surface area contributed by atoms with Crippen molar-refractivity contribution in [2.75, 3.05) is 20.8 Å². The summed E-state index contributed by atoms with van der Waals surface area (Å²) < 4.78 is 21.9. The van der Waals surface area contributed by atoms with Crippen LogP contribution >= 0.6 is 0 Å². The number of hydrogen-bond donors (Lipinski definition) is 1. The van der Waals surface area contributed by atoms with Crippen LogP contribution in [0.5, 0.6) is 11.5 Å². The van der Waals surface area contributed by atoms with E-state index in [9.17, 15) is 4.79 Å². The molecule has 6 heteroatoms. The summed E-state index contributed by atoms with van der Waals surface area (Å²) in [4.78, 5) is 12.0. The third-order valence-electron chi connectivity index (χ3n) is 4.38. The number of hydrogen-bond acceptors (Lipinski definition) is 5. The average Bonchev–Trinajstić information content (AvgIpc) is 2.68. The van der Waals surface area contributed by atoms with E-state index in [0.29, 0.717) is 11.5 Å². The molecule has 0 aliphatic heterocycles. The number of carbonyl (C=O) groups is 1. The predicted molar refractivity (Wildman–Crippen MR) is 103 cm³/mol. The number of ether oxygens (including phenoxy) is 4. The summed E-state index contributed by atoms with van der Waals surface area (Å²) in [5.74, 6) is 0.842. The highest BCUT2D eigenvalue weighted by Crippen LogP contribution is 2.37. The Morgan fingerprint density at radius 2 is 1.52 bits per heavy atom. The van der Waals surface area contributed by atoms with Gasteiger partial charge in [-0.3, -0.25) is 4.79 Å². The normalized spacial score (nSPS) is 12.6. The quantitative estimate of drug-likeness (QED) is 0.646. The smallest absolute Gasteiger partial charge is 0.227 e. The van der Waals surface area contributed by atoms with Crippen molar-refractivity contribution in [2.24, 2.45) is 11.1 Å². The first-order chi connectivity index (χ1) is 12.9. The van der Waals surface area contributed by atoms with Crippen molar-refractivity contribution < 1.29 is 23.7 Å². The summed E-state index contributed by atoms with van der Waals surface area (Å²) in [7, 11) is 3.11. The van der Waals surface area contributed by atoms with Gasteiger partial charge in [-0.1, -0.05) is 30.3 Å². The second kappa shape index (κ2) is 9.39. The van der Waals surface area contributed by atoms with Gasteiger partial charge < -0.3 is 24.7 Å². The lowest BCUT2D eigenvalue weighted by Gasteiger charge is -2.32. The molecular formula is C21H27NO5. The maximum atomic E-state index is 12.0. The van der Waals surface area contributed by atoms with Crippen LogP contribution in [0.25, 0.3) is 0 Å². The topological polar surface area (TPSA) is 80.0 Å². The molecule has 0 fully saturated rings. The highest BCUT2D eigenvalue weighted by Gasteiger charge is 2.38. The highest BCUT2D eigenvalue weighted by molar-refractivity contribution is 5.81. The van der Waals surface area contributed by atoms with E-state index in [2.05, 4.69) is 0 Å². The summed E-state index contributed by atoms with van der Waals surface area (Å²) in [5.41, 5.74) is 5.61. The molecule has 0 aliphatic rings. The van der Waals surface area contributed by atoms with Gasteiger partial charge in [-0.2, -0.15) is 0 Å². The van der Waals surface area contributed by atoms with E-state index >= 15 is 0 Å². The van der Waals surface area contributed by atoms with E-state index < -0.39 is 23.7 Å². The molecule has 0 radical (unpaired) electrons. The molecule has 6 nitrogen and oxygen atoms in total. The standard InChI is InChI=1S/C21H27NO5/c1-21(2,20(22)23)19(15-8-6-5-7-9-15)27-17-12-10-16(11-13-17)26-14-18(24-3)25-4/h5-13,18-19H,14H2,1-4H3,(H2,22,23). The van der Waals surface area contributed by atoms with E-state index in [0.717, 1.165) is 5.56 Å². The Balaban J connectivity index is 2.15. The van der Waals surface area contributed by atoms with Crippen LogP contribution in [-0.2, 0) is 14.3 Å². The molecule has 0 spiro atoms. The van der Waals surface area contributed by atoms with E-state index in [1.165, 1.54) is 0 Å². The van der Waals surface area contributed by atoms with Gasteiger partial charge in [0.2, 0.25) is 5.91 Å². The van der Waals surface area contributed by atoms with E-state index in [4.69, 9.17) is 24.7 Å². The summed E-state index contributed by atoms with van der Waals surface area (Å²) in [5, 5.41) is 0. The Kier molecular flexibility index (Phi) is 7.21. The molecule has 146 valence electrons. The number of rotatable bonds is 10. The molecule has 1 atom stereocenters. The molecule has 0 aliphatic carbocycles. The van der Waals surface area contributed by atoms with Crippen LogP contribution in [0.4, 0.5) is 0 Å². The summed E-state index contributed by atoms with van der Waals surface area (Å²) in [6.45, 7) is 3.83. The Morgan fingerprint density at radius 3 is 2.04 bits per heavy atom. The van der Waals surface area contributed by atoms with Gasteiger partial charge in [0, 0.05) is 14.2 Å². The molecule has 0 aromatic heterocycles. The van der Waals surface area contributed by atoms with Crippen molar-refractivity contribution in [3.05, 3.63) is 60.2 Å². The number of methoxy groups -OCH3 is 2. The molecule has 0 bridgehead atoms. The summed E-state index contributed by atoms with van der Waals surface area (Å²) in [6.07, 6.45) is -0.950. The van der Waals surface area contributed by atoms with E-state index in [1.807, 2.05) is 30.3 Å². The van der Waals surface area contributed by atoms with Crippen molar-refractivity contribution in [3.63, 3.8) is 0 Å². The Hall–Kier alpha value is -2.57. The van der Waals surface area contributed by atoms with Crippen LogP contribution in [0.1, 0.15) is 25.5 Å². The zero-order valence-corrected chi connectivity index (χ0v) is 16.2. The Labute approximate surface area is 160 Å². The van der Waals surface area contributed by atoms with Crippen LogP contribution in [0.15, 0.2) is 54.6 Å². The van der Waals surface area contributed by atoms with Gasteiger partial charge >= 0.3 is 0 Å². The van der Waals surface area contributed by atoms with Crippen LogP contribution in [0.3, 0.4) is 0 Å². The van der Waals surface area contributed by atoms with Gasteiger partial charge in [0.05, 0.1) is 5.41 Å². The van der Waals surface area contributed by atoms with Crippen LogP contribution in [-0.4, -0.2) is 33.0 Å². The van der Waals surface area contributed by atoms with Crippen molar-refractivity contribution in [1.82, 2.24) is 0 Å². The lowest BCUT2D eigenvalue weighted by atomic mass is 9.81. The minimum atomic E-state index is -0.888. The molecule has 1 amide bonds. The second-order valence-electron chi connectivity index (χ2n) is 6.68. The molecule has 1 unspecified atom stereocenters. The first-order valence-corrected chi connectivity index (χ1v) is 8.68. The van der Waals surface area contributed by atoms with Crippen molar-refractivity contribution >= 4 is 5.91 Å². The number of primary amides is 1. The van der Waals surface area contributed by atoms with E-state index in [1.54, 1.807) is 52.3 Å². The fraction of sp³-hybridized carbons (Fsp3) is 0.381. The molecule has 0 saturated heterocycles. The number of nitrogens with two attached hydrogens (primary N) is 1. The minimum absolute atomic E-state index is 0.272. The van der Waals surface area contributed by atoms with Gasteiger partial charge in [-0.05, 0) is 43.7 Å². The number of amides is 1. The lowest BCUT2D eigenvalue weighted by molar-refractivity contribution is -0.131. The van der Waals surface area contributed by atoms with Gasteiger partial charge in [0.15, 0.2) is 6.29 Å². The van der Waals surface area contributed by atoms with Crippen LogP contribution in [0, 0.1) is 5.41 Å². The maximum absolute atomic E-state index is 12.0. The van der Waals surface area contributed by atoms with Crippen molar-refractivity contribution in [2.45, 2.75) is 26.2 Å². The number of benzene rings is 2. The second-order valence-corrected chi connectivity index (χ2v) is 6.68. The van der Waals surface area contributed by atoms with E-state index in [-0.39, 0.29) is 6.61 Å². The Morgan fingerprint density at radius 1 is 0.963 bits per heavy atom. The Bertz CT molecular complexity index is 711. The minimum Gasteiger partial charge on any atom is -0.488 e. The van der Waals surface area contributed by atoms with Gasteiger partial charge in [0.25, 0.3) is 0 Å². The van der Waals surface area contributed by atoms with Crippen molar-refractivity contribution in [3.8, 4) is 11.5 Å². The molecule has 2 rings (SSSR count). The van der Waals surface area contributed by atoms with Gasteiger partial charge in [0.1, 0.15) is 24.2 Å². The maximum Gasteiger partial charge on any atom is 0.227 e. The zero-order valence-electron chi connectivity index (χ0n) is 16.2. The SMILES string of the molecule is COC(COc1ccc(OC(c2ccccc2)C(C)(C)C(N)=O)cc1)OC. The van der Waals surface area contributed by atoms with Crippen LogP contribution in [0.2, 0.25) is 0 Å². The molecule has 0 saturated carbocycles. The molecule has 2 aromatic rings. The first-order valence-electron chi connectivity index (χ1n) is 8.68. The number of carbonyl (C=O) groups excluding carboxylic acids is 1. The molecular weight excluding hydrogens is 346 g/mol. The zero-order chi connectivity index (χ0) is 19.9. The summed E-state index contributed by atoms with van der Waals surface area (Å²) >= 11 is 0. The predicted octanol–water partition coefficient (Wildman–Crippen LogP) is 3.32. The molecule has 0 heterocycles. The fourth-order valence-electron chi connectivity index (χ4n) is 2.54. The lowest BCUT2D eigenvalue weighted by Crippen LogP contribution is -2.39. The van der Waals surface area contributed by atoms with Crippen molar-refractivity contribution in [1.29, 1.82) is 0 Å². The van der Waals surface area contributed by atoms with Gasteiger partial charge in [-0.25, -0.2) is 0 Å². The monoisotopic (exact) mass is 373 g/mol. The summed E-state index contributed by atoms with van der Waals surface area (Å²) in [6, 6.07) is 16.7. The largest absolute Gasteiger partial charge is 0.488 e. The third-order valence-corrected chi connectivity index (χ3v) is 4.38. The van der Waals surface area contributed by atoms with Crippen LogP contribution < -0.4 is 15.2 Å². The fourth-order valence-corrected chi connectivity index (χ4v) is 2.54. The third kappa shape index (κ3) is 5.45. The average molecular weight is 373 g/mol. The molecule has 27 heavy (non-hydrogen) atoms. The molecule has 2 aromatic carbocycles. The first kappa shape index (κ1) is 20.7. The molecule has 2 N–H and O–H groups in total.